The molecule has 1 aliphatic rings. The minimum atomic E-state index is 0.0548. The standard InChI is InChI=1S/C12H14N2O2S/c15-12-11-10(4-6-17-11)13-8-14(12)7-9-3-1-2-5-16-9/h4,6,8-9H,1-3,5,7H2. The van der Waals surface area contributed by atoms with Gasteiger partial charge in [0.1, 0.15) is 4.70 Å². The number of rotatable bonds is 2. The number of aromatic nitrogens is 2. The zero-order valence-electron chi connectivity index (χ0n) is 9.46. The third-order valence-electron chi connectivity index (χ3n) is 3.11. The third-order valence-corrected chi connectivity index (χ3v) is 4.00. The molecule has 0 amide bonds. The van der Waals surface area contributed by atoms with Crippen LogP contribution in [0.3, 0.4) is 0 Å². The van der Waals surface area contributed by atoms with Gasteiger partial charge in [-0.1, -0.05) is 0 Å². The van der Waals surface area contributed by atoms with E-state index in [9.17, 15) is 4.79 Å². The zero-order valence-corrected chi connectivity index (χ0v) is 10.3. The summed E-state index contributed by atoms with van der Waals surface area (Å²) in [6.07, 6.45) is 5.16. The first-order valence-electron chi connectivity index (χ1n) is 5.89. The lowest BCUT2D eigenvalue weighted by Gasteiger charge is -2.22. The van der Waals surface area contributed by atoms with Gasteiger partial charge in [0.25, 0.3) is 5.56 Å². The van der Waals surface area contributed by atoms with Crippen LogP contribution in [0.5, 0.6) is 0 Å². The molecule has 3 rings (SSSR count). The SMILES string of the molecule is O=c1c2sccc2ncn1CC1CCCCO1. The fraction of sp³-hybridized carbons (Fsp3) is 0.500. The third kappa shape index (κ3) is 2.12. The quantitative estimate of drug-likeness (QED) is 0.819. The number of thiophene rings is 1. The largest absolute Gasteiger partial charge is 0.376 e. The Morgan fingerprint density at radius 3 is 3.29 bits per heavy atom. The predicted octanol–water partition coefficient (Wildman–Crippen LogP) is 2.03. The van der Waals surface area contributed by atoms with Crippen LogP contribution >= 0.6 is 11.3 Å². The summed E-state index contributed by atoms with van der Waals surface area (Å²) in [6, 6.07) is 1.88. The van der Waals surface area contributed by atoms with Crippen molar-refractivity contribution >= 4 is 21.6 Å². The van der Waals surface area contributed by atoms with Gasteiger partial charge in [0.05, 0.1) is 24.5 Å². The van der Waals surface area contributed by atoms with Crippen molar-refractivity contribution in [3.8, 4) is 0 Å². The molecule has 5 heteroatoms. The molecule has 0 N–H and O–H groups in total. The molecule has 1 saturated heterocycles. The van der Waals surface area contributed by atoms with Crippen molar-refractivity contribution in [3.05, 3.63) is 28.1 Å². The van der Waals surface area contributed by atoms with Gasteiger partial charge in [-0.15, -0.1) is 11.3 Å². The summed E-state index contributed by atoms with van der Waals surface area (Å²) >= 11 is 1.45. The van der Waals surface area contributed by atoms with E-state index in [1.165, 1.54) is 17.8 Å². The van der Waals surface area contributed by atoms with Gasteiger partial charge in [-0.25, -0.2) is 4.98 Å². The molecule has 2 aromatic heterocycles. The van der Waals surface area contributed by atoms with Crippen LogP contribution in [-0.4, -0.2) is 22.3 Å². The Balaban J connectivity index is 1.89. The summed E-state index contributed by atoms with van der Waals surface area (Å²) in [5, 5.41) is 1.90. The molecule has 0 bridgehead atoms. The lowest BCUT2D eigenvalue weighted by Crippen LogP contribution is -2.30. The highest BCUT2D eigenvalue weighted by Crippen LogP contribution is 2.16. The summed E-state index contributed by atoms with van der Waals surface area (Å²) in [5.41, 5.74) is 0.847. The second-order valence-corrected chi connectivity index (χ2v) is 5.24. The highest BCUT2D eigenvalue weighted by Gasteiger charge is 2.15. The minimum absolute atomic E-state index is 0.0548. The second-order valence-electron chi connectivity index (χ2n) is 4.33. The molecule has 1 fully saturated rings. The van der Waals surface area contributed by atoms with Crippen LogP contribution < -0.4 is 5.56 Å². The Morgan fingerprint density at radius 1 is 1.53 bits per heavy atom. The van der Waals surface area contributed by atoms with Gasteiger partial charge in [-0.3, -0.25) is 9.36 Å². The fourth-order valence-electron chi connectivity index (χ4n) is 2.18. The van der Waals surface area contributed by atoms with Crippen molar-refractivity contribution in [2.24, 2.45) is 0 Å². The van der Waals surface area contributed by atoms with Crippen LogP contribution in [0.4, 0.5) is 0 Å². The van der Waals surface area contributed by atoms with Crippen molar-refractivity contribution < 1.29 is 4.74 Å². The average Bonchev–Trinajstić information content (AvgIpc) is 2.83. The normalized spacial score (nSPS) is 20.8. The number of ether oxygens (including phenoxy) is 1. The van der Waals surface area contributed by atoms with E-state index < -0.39 is 0 Å². The molecule has 0 spiro atoms. The van der Waals surface area contributed by atoms with E-state index in [2.05, 4.69) is 4.98 Å². The molecule has 0 aliphatic carbocycles. The molecule has 0 aromatic carbocycles. The van der Waals surface area contributed by atoms with Gasteiger partial charge >= 0.3 is 0 Å². The Labute approximate surface area is 103 Å². The molecule has 17 heavy (non-hydrogen) atoms. The van der Waals surface area contributed by atoms with Crippen LogP contribution in [-0.2, 0) is 11.3 Å². The molecule has 2 aromatic rings. The second kappa shape index (κ2) is 4.58. The molecular formula is C12H14N2O2S. The molecular weight excluding hydrogens is 236 g/mol. The summed E-state index contributed by atoms with van der Waals surface area (Å²) < 4.78 is 8.06. The average molecular weight is 250 g/mol. The van der Waals surface area contributed by atoms with Crippen molar-refractivity contribution in [1.29, 1.82) is 0 Å². The van der Waals surface area contributed by atoms with E-state index in [0.717, 1.165) is 29.7 Å². The summed E-state index contributed by atoms with van der Waals surface area (Å²) in [5.74, 6) is 0. The summed E-state index contributed by atoms with van der Waals surface area (Å²) in [7, 11) is 0. The van der Waals surface area contributed by atoms with E-state index in [4.69, 9.17) is 4.74 Å². The van der Waals surface area contributed by atoms with E-state index >= 15 is 0 Å². The van der Waals surface area contributed by atoms with E-state index in [1.54, 1.807) is 10.9 Å². The van der Waals surface area contributed by atoms with E-state index in [-0.39, 0.29) is 11.7 Å². The van der Waals surface area contributed by atoms with Gasteiger partial charge in [0.2, 0.25) is 0 Å². The highest BCUT2D eigenvalue weighted by molar-refractivity contribution is 7.17. The fourth-order valence-corrected chi connectivity index (χ4v) is 2.97. The summed E-state index contributed by atoms with van der Waals surface area (Å²) in [6.45, 7) is 1.44. The molecule has 90 valence electrons. The first-order valence-corrected chi connectivity index (χ1v) is 6.77. The Kier molecular flexibility index (Phi) is 2.94. The minimum Gasteiger partial charge on any atom is -0.376 e. The van der Waals surface area contributed by atoms with Gasteiger partial charge in [-0.2, -0.15) is 0 Å². The summed E-state index contributed by atoms with van der Waals surface area (Å²) in [4.78, 5) is 16.4. The Morgan fingerprint density at radius 2 is 2.47 bits per heavy atom. The topological polar surface area (TPSA) is 44.1 Å². The molecule has 3 heterocycles. The van der Waals surface area contributed by atoms with Crippen LogP contribution in [0.2, 0.25) is 0 Å². The first-order chi connectivity index (χ1) is 8.34. The Hall–Kier alpha value is -1.20. The van der Waals surface area contributed by atoms with Crippen LogP contribution in [0.1, 0.15) is 19.3 Å². The van der Waals surface area contributed by atoms with Crippen molar-refractivity contribution in [2.45, 2.75) is 31.9 Å². The van der Waals surface area contributed by atoms with Crippen molar-refractivity contribution in [1.82, 2.24) is 9.55 Å². The maximum atomic E-state index is 12.1. The lowest BCUT2D eigenvalue weighted by atomic mass is 10.1. The smallest absolute Gasteiger partial charge is 0.271 e. The number of hydrogen-bond donors (Lipinski definition) is 0. The number of nitrogens with zero attached hydrogens (tertiary/aromatic N) is 2. The maximum Gasteiger partial charge on any atom is 0.271 e. The first kappa shape index (κ1) is 10.9. The van der Waals surface area contributed by atoms with Gasteiger partial charge in [0, 0.05) is 6.61 Å². The number of fused-ring (bicyclic) bond motifs is 1. The number of hydrogen-bond acceptors (Lipinski definition) is 4. The van der Waals surface area contributed by atoms with E-state index in [1.807, 2.05) is 11.4 Å². The van der Waals surface area contributed by atoms with Gasteiger partial charge in [-0.05, 0) is 30.7 Å². The molecule has 1 unspecified atom stereocenters. The molecule has 0 radical (unpaired) electrons. The maximum absolute atomic E-state index is 12.1. The zero-order chi connectivity index (χ0) is 11.7. The Bertz CT molecular complexity index is 569. The van der Waals surface area contributed by atoms with E-state index in [0.29, 0.717) is 6.54 Å². The van der Waals surface area contributed by atoms with Crippen molar-refractivity contribution in [2.75, 3.05) is 6.61 Å². The molecule has 1 aliphatic heterocycles. The highest BCUT2D eigenvalue weighted by atomic mass is 32.1. The molecule has 1 atom stereocenters. The predicted molar refractivity (Wildman–Crippen MR) is 67.5 cm³/mol. The van der Waals surface area contributed by atoms with Crippen LogP contribution in [0.25, 0.3) is 10.2 Å². The lowest BCUT2D eigenvalue weighted by molar-refractivity contribution is 0.00536. The van der Waals surface area contributed by atoms with Crippen LogP contribution in [0.15, 0.2) is 22.6 Å². The van der Waals surface area contributed by atoms with Gasteiger partial charge in [0.15, 0.2) is 0 Å². The molecule has 0 saturated carbocycles. The van der Waals surface area contributed by atoms with Crippen molar-refractivity contribution in [3.63, 3.8) is 0 Å². The van der Waals surface area contributed by atoms with Crippen LogP contribution in [0, 0.1) is 0 Å². The molecule has 4 nitrogen and oxygen atoms in total. The van der Waals surface area contributed by atoms with Gasteiger partial charge < -0.3 is 4.74 Å². The monoisotopic (exact) mass is 250 g/mol.